The van der Waals surface area contributed by atoms with Crippen molar-refractivity contribution >= 4 is 28.2 Å². The van der Waals surface area contributed by atoms with Gasteiger partial charge in [0.15, 0.2) is 11.6 Å². The Labute approximate surface area is 119 Å². The summed E-state index contributed by atoms with van der Waals surface area (Å²) in [5, 5.41) is 0.903. The van der Waals surface area contributed by atoms with Crippen LogP contribution in [0.1, 0.15) is 0 Å². The summed E-state index contributed by atoms with van der Waals surface area (Å²) in [6.45, 7) is 0. The molecule has 2 N–H and O–H groups in total. The summed E-state index contributed by atoms with van der Waals surface area (Å²) in [4.78, 5) is 4.29. The fourth-order valence-electron chi connectivity index (χ4n) is 1.86. The van der Waals surface area contributed by atoms with Crippen molar-refractivity contribution in [3.63, 3.8) is 0 Å². The number of aromatic nitrogens is 1. The molecule has 0 atom stereocenters. The van der Waals surface area contributed by atoms with E-state index in [0.29, 0.717) is 11.6 Å². The first-order chi connectivity index (χ1) is 9.63. The van der Waals surface area contributed by atoms with E-state index in [1.54, 1.807) is 24.3 Å². The zero-order chi connectivity index (χ0) is 14.1. The molecule has 0 radical (unpaired) electrons. The van der Waals surface area contributed by atoms with Gasteiger partial charge < -0.3 is 10.5 Å². The van der Waals surface area contributed by atoms with Crippen molar-refractivity contribution in [3.8, 4) is 11.6 Å². The Morgan fingerprint density at radius 3 is 2.80 bits per heavy atom. The second-order valence-corrected chi connectivity index (χ2v) is 4.66. The highest BCUT2D eigenvalue weighted by atomic mass is 35.5. The molecule has 20 heavy (non-hydrogen) atoms. The molecule has 100 valence electrons. The Morgan fingerprint density at radius 2 is 1.95 bits per heavy atom. The molecule has 1 heterocycles. The van der Waals surface area contributed by atoms with Crippen LogP contribution in [-0.2, 0) is 0 Å². The maximum Gasteiger partial charge on any atom is 0.219 e. The third-order valence-electron chi connectivity index (χ3n) is 2.82. The molecular formula is C15H10ClFN2O. The Bertz CT molecular complexity index is 792. The SMILES string of the molecule is Nc1ccc2nc(Oc3cccc(Cl)c3F)ccc2c1. The summed E-state index contributed by atoms with van der Waals surface area (Å²) in [6, 6.07) is 13.4. The first-order valence-corrected chi connectivity index (χ1v) is 6.29. The minimum Gasteiger partial charge on any atom is -0.436 e. The van der Waals surface area contributed by atoms with Gasteiger partial charge in [0, 0.05) is 17.1 Å². The lowest BCUT2D eigenvalue weighted by atomic mass is 10.2. The maximum atomic E-state index is 13.8. The van der Waals surface area contributed by atoms with Crippen LogP contribution in [0.15, 0.2) is 48.5 Å². The lowest BCUT2D eigenvalue weighted by Gasteiger charge is -2.07. The highest BCUT2D eigenvalue weighted by molar-refractivity contribution is 6.30. The summed E-state index contributed by atoms with van der Waals surface area (Å²) in [5.41, 5.74) is 7.08. The second-order valence-electron chi connectivity index (χ2n) is 4.26. The van der Waals surface area contributed by atoms with Crippen molar-refractivity contribution in [1.29, 1.82) is 0 Å². The number of hydrogen-bond acceptors (Lipinski definition) is 3. The molecule has 1 aromatic heterocycles. The lowest BCUT2D eigenvalue weighted by molar-refractivity contribution is 0.429. The van der Waals surface area contributed by atoms with Crippen LogP contribution in [0.5, 0.6) is 11.6 Å². The normalized spacial score (nSPS) is 10.7. The minimum atomic E-state index is -0.603. The number of halogens is 2. The van der Waals surface area contributed by atoms with Gasteiger partial charge in [0.1, 0.15) is 0 Å². The number of benzene rings is 2. The first kappa shape index (κ1) is 12.7. The van der Waals surface area contributed by atoms with Crippen LogP contribution in [-0.4, -0.2) is 4.98 Å². The van der Waals surface area contributed by atoms with Gasteiger partial charge in [0.05, 0.1) is 10.5 Å². The average molecular weight is 289 g/mol. The molecule has 0 bridgehead atoms. The molecule has 0 amide bonds. The van der Waals surface area contributed by atoms with Crippen LogP contribution >= 0.6 is 11.6 Å². The summed E-state index contributed by atoms with van der Waals surface area (Å²) in [7, 11) is 0. The molecule has 0 aliphatic rings. The van der Waals surface area contributed by atoms with Crippen molar-refractivity contribution in [1.82, 2.24) is 4.98 Å². The molecule has 5 heteroatoms. The molecule has 0 spiro atoms. The molecule has 3 nitrogen and oxygen atoms in total. The molecule has 0 fully saturated rings. The fraction of sp³-hybridized carbons (Fsp3) is 0. The van der Waals surface area contributed by atoms with E-state index in [4.69, 9.17) is 22.1 Å². The lowest BCUT2D eigenvalue weighted by Crippen LogP contribution is -1.92. The number of nitrogens with two attached hydrogens (primary N) is 1. The Balaban J connectivity index is 1.99. The number of fused-ring (bicyclic) bond motifs is 1. The van der Waals surface area contributed by atoms with E-state index in [1.807, 2.05) is 12.1 Å². The van der Waals surface area contributed by atoms with Crippen molar-refractivity contribution in [2.24, 2.45) is 0 Å². The van der Waals surface area contributed by atoms with Gasteiger partial charge in [-0.25, -0.2) is 9.37 Å². The van der Waals surface area contributed by atoms with Crippen LogP contribution in [0.25, 0.3) is 10.9 Å². The number of ether oxygens (including phenoxy) is 1. The van der Waals surface area contributed by atoms with Gasteiger partial charge in [0.2, 0.25) is 5.88 Å². The highest BCUT2D eigenvalue weighted by Crippen LogP contribution is 2.29. The standard InChI is InChI=1S/C15H10ClFN2O/c16-11-2-1-3-13(15(11)17)20-14-7-4-9-8-10(18)5-6-12(9)19-14/h1-8H,18H2. The quantitative estimate of drug-likeness (QED) is 0.711. The van der Waals surface area contributed by atoms with Gasteiger partial charge in [0.25, 0.3) is 0 Å². The third kappa shape index (κ3) is 2.38. The predicted octanol–water partition coefficient (Wildman–Crippen LogP) is 4.40. The first-order valence-electron chi connectivity index (χ1n) is 5.91. The maximum absolute atomic E-state index is 13.8. The summed E-state index contributed by atoms with van der Waals surface area (Å²) in [6.07, 6.45) is 0. The summed E-state index contributed by atoms with van der Waals surface area (Å²) >= 11 is 5.70. The molecular weight excluding hydrogens is 279 g/mol. The summed E-state index contributed by atoms with van der Waals surface area (Å²) in [5.74, 6) is -0.267. The molecule has 3 rings (SSSR count). The molecule has 3 aromatic rings. The Kier molecular flexibility index (Phi) is 3.16. The molecule has 0 saturated heterocycles. The highest BCUT2D eigenvalue weighted by Gasteiger charge is 2.09. The Hall–Kier alpha value is -2.33. The molecule has 0 saturated carbocycles. The largest absolute Gasteiger partial charge is 0.436 e. The molecule has 2 aromatic carbocycles. The number of nitrogen functional groups attached to an aromatic ring is 1. The van der Waals surface area contributed by atoms with Crippen LogP contribution in [0.3, 0.4) is 0 Å². The van der Waals surface area contributed by atoms with E-state index in [0.717, 1.165) is 10.9 Å². The average Bonchev–Trinajstić information content (AvgIpc) is 2.44. The number of nitrogens with zero attached hydrogens (tertiary/aromatic N) is 1. The van der Waals surface area contributed by atoms with E-state index >= 15 is 0 Å². The third-order valence-corrected chi connectivity index (χ3v) is 3.11. The van der Waals surface area contributed by atoms with Gasteiger partial charge in [-0.1, -0.05) is 17.7 Å². The van der Waals surface area contributed by atoms with E-state index in [1.165, 1.54) is 12.1 Å². The number of hydrogen-bond donors (Lipinski definition) is 1. The minimum absolute atomic E-state index is 0.0102. The zero-order valence-electron chi connectivity index (χ0n) is 10.3. The number of rotatable bonds is 2. The van der Waals surface area contributed by atoms with E-state index < -0.39 is 5.82 Å². The van der Waals surface area contributed by atoms with Gasteiger partial charge in [-0.2, -0.15) is 0 Å². The Morgan fingerprint density at radius 1 is 1.10 bits per heavy atom. The van der Waals surface area contributed by atoms with Gasteiger partial charge in [-0.3, -0.25) is 0 Å². The second kappa shape index (κ2) is 4.98. The number of anilines is 1. The number of pyridine rings is 1. The molecule has 0 unspecified atom stereocenters. The van der Waals surface area contributed by atoms with Crippen LogP contribution in [0, 0.1) is 5.82 Å². The van der Waals surface area contributed by atoms with Crippen molar-refractivity contribution in [2.45, 2.75) is 0 Å². The van der Waals surface area contributed by atoms with Crippen molar-refractivity contribution < 1.29 is 9.13 Å². The van der Waals surface area contributed by atoms with Crippen LogP contribution in [0.4, 0.5) is 10.1 Å². The van der Waals surface area contributed by atoms with E-state index in [9.17, 15) is 4.39 Å². The molecule has 0 aliphatic heterocycles. The van der Waals surface area contributed by atoms with E-state index in [2.05, 4.69) is 4.98 Å². The van der Waals surface area contributed by atoms with Crippen molar-refractivity contribution in [3.05, 3.63) is 59.4 Å². The monoisotopic (exact) mass is 288 g/mol. The predicted molar refractivity (Wildman–Crippen MR) is 77.6 cm³/mol. The topological polar surface area (TPSA) is 48.1 Å². The van der Waals surface area contributed by atoms with Gasteiger partial charge in [-0.05, 0) is 36.4 Å². The van der Waals surface area contributed by atoms with Crippen LogP contribution < -0.4 is 10.5 Å². The smallest absolute Gasteiger partial charge is 0.219 e. The van der Waals surface area contributed by atoms with Crippen LogP contribution in [0.2, 0.25) is 5.02 Å². The van der Waals surface area contributed by atoms with Crippen molar-refractivity contribution in [2.75, 3.05) is 5.73 Å². The van der Waals surface area contributed by atoms with Gasteiger partial charge >= 0.3 is 0 Å². The van der Waals surface area contributed by atoms with Gasteiger partial charge in [-0.15, -0.1) is 0 Å². The zero-order valence-corrected chi connectivity index (χ0v) is 11.1. The molecule has 0 aliphatic carbocycles. The fourth-order valence-corrected chi connectivity index (χ4v) is 2.02. The summed E-state index contributed by atoms with van der Waals surface area (Å²) < 4.78 is 19.2. The van der Waals surface area contributed by atoms with E-state index in [-0.39, 0.29) is 10.8 Å².